The molecule has 2 saturated heterocycles. The summed E-state index contributed by atoms with van der Waals surface area (Å²) in [6.07, 6.45) is 11.2. The minimum absolute atomic E-state index is 0.0391. The van der Waals surface area contributed by atoms with Crippen LogP contribution >= 0.6 is 11.8 Å². The van der Waals surface area contributed by atoms with Crippen LogP contribution in [0.15, 0.2) is 62.8 Å². The second kappa shape index (κ2) is 9.57. The number of aliphatic imine (C=N–C) groups is 1. The Morgan fingerprint density at radius 1 is 1.33 bits per heavy atom. The first-order chi connectivity index (χ1) is 14.2. The monoisotopic (exact) mass is 424 g/mol. The lowest BCUT2D eigenvalue weighted by molar-refractivity contribution is -0.109. The van der Waals surface area contributed by atoms with Crippen molar-refractivity contribution in [1.29, 1.82) is 0 Å². The molecule has 0 atom stereocenters. The zero-order valence-corrected chi connectivity index (χ0v) is 19.6. The third kappa shape index (κ3) is 5.09. The number of hydrogen-bond acceptors (Lipinski definition) is 5. The number of ether oxygens (including phenoxy) is 1. The van der Waals surface area contributed by atoms with Crippen LogP contribution in [0.3, 0.4) is 0 Å². The molecule has 2 aliphatic heterocycles. The molecule has 0 bridgehead atoms. The fraction of sp³-hybridized carbons (Fsp3) is 0.500. The molecule has 2 heterocycles. The van der Waals surface area contributed by atoms with Gasteiger partial charge in [0.05, 0.1) is 5.60 Å². The molecule has 0 aromatic carbocycles. The molecular weight excluding hydrogens is 391 g/mol. The van der Waals surface area contributed by atoms with E-state index in [4.69, 9.17) is 4.74 Å². The van der Waals surface area contributed by atoms with E-state index in [0.717, 1.165) is 54.7 Å². The number of nitrogens with zero attached hydrogens (tertiary/aromatic N) is 2. The number of allylic oxidation sites excluding steroid dienone is 5. The van der Waals surface area contributed by atoms with Crippen LogP contribution in [-0.2, 0) is 9.53 Å². The number of hydrogen-bond donors (Lipinski definition) is 0. The van der Waals surface area contributed by atoms with Gasteiger partial charge in [-0.05, 0) is 65.2 Å². The van der Waals surface area contributed by atoms with E-state index in [1.54, 1.807) is 6.21 Å². The summed E-state index contributed by atoms with van der Waals surface area (Å²) < 4.78 is 5.77. The van der Waals surface area contributed by atoms with Crippen molar-refractivity contribution in [3.05, 3.63) is 57.8 Å². The van der Waals surface area contributed by atoms with E-state index in [1.165, 1.54) is 23.0 Å². The number of likely N-dealkylation sites (tertiary alicyclic amines) is 1. The average molecular weight is 424 g/mol. The predicted molar refractivity (Wildman–Crippen MR) is 130 cm³/mol. The second-order valence-corrected chi connectivity index (χ2v) is 9.83. The number of carbonyl (C=O) groups is 1. The van der Waals surface area contributed by atoms with Crippen molar-refractivity contribution in [3.8, 4) is 0 Å². The summed E-state index contributed by atoms with van der Waals surface area (Å²) in [4.78, 5) is 20.5. The first-order valence-electron chi connectivity index (χ1n) is 10.8. The van der Waals surface area contributed by atoms with E-state index in [1.807, 2.05) is 27.7 Å². The highest BCUT2D eigenvalue weighted by molar-refractivity contribution is 8.07. The smallest absolute Gasteiger partial charge is 0.235 e. The number of fused-ring (bicyclic) bond motifs is 1. The molecule has 0 saturated carbocycles. The fourth-order valence-corrected chi connectivity index (χ4v) is 5.28. The number of carbonyl (C=O) groups excluding carboxylic acids is 1. The van der Waals surface area contributed by atoms with Gasteiger partial charge in [0.1, 0.15) is 10.7 Å². The highest BCUT2D eigenvalue weighted by Crippen LogP contribution is 2.39. The van der Waals surface area contributed by atoms with Gasteiger partial charge in [0.2, 0.25) is 6.71 Å². The predicted octanol–water partition coefficient (Wildman–Crippen LogP) is 5.79. The van der Waals surface area contributed by atoms with Gasteiger partial charge in [0.25, 0.3) is 0 Å². The molecule has 0 N–H and O–H groups in total. The van der Waals surface area contributed by atoms with Crippen LogP contribution < -0.4 is 0 Å². The molecule has 0 spiro atoms. The van der Waals surface area contributed by atoms with Crippen molar-refractivity contribution >= 4 is 30.4 Å². The summed E-state index contributed by atoms with van der Waals surface area (Å²) >= 11 is 1.37. The van der Waals surface area contributed by atoms with Gasteiger partial charge in [-0.1, -0.05) is 37.1 Å². The molecule has 3 aliphatic rings. The highest BCUT2D eigenvalue weighted by Gasteiger charge is 2.37. The van der Waals surface area contributed by atoms with Crippen molar-refractivity contribution in [1.82, 2.24) is 4.90 Å². The maximum absolute atomic E-state index is 13.1. The first-order valence-corrected chi connectivity index (χ1v) is 11.7. The van der Waals surface area contributed by atoms with Crippen molar-refractivity contribution in [2.45, 2.75) is 65.2 Å². The normalized spacial score (nSPS) is 21.7. The van der Waals surface area contributed by atoms with E-state index in [0.29, 0.717) is 11.5 Å². The average Bonchev–Trinajstić information content (AvgIpc) is 3.15. The maximum Gasteiger partial charge on any atom is 0.235 e. The van der Waals surface area contributed by atoms with Crippen LogP contribution in [0.25, 0.3) is 0 Å². The Kier molecular flexibility index (Phi) is 7.30. The Morgan fingerprint density at radius 2 is 2.07 bits per heavy atom. The molecule has 4 nitrogen and oxygen atoms in total. The van der Waals surface area contributed by atoms with Gasteiger partial charge in [-0.3, -0.25) is 4.99 Å². The number of rotatable bonds is 7. The van der Waals surface area contributed by atoms with Gasteiger partial charge >= 0.3 is 0 Å². The SMILES string of the molecule is C=C(SC(/N=C\C)=C(\C)C(=C)N1CCC2=CCCC=C21)C(=O)B1CCOC(C)(C)C1. The van der Waals surface area contributed by atoms with Crippen LogP contribution in [0, 0.1) is 0 Å². The summed E-state index contributed by atoms with van der Waals surface area (Å²) in [5, 5.41) is 0.793. The molecule has 1 aliphatic carbocycles. The molecule has 0 amide bonds. The highest BCUT2D eigenvalue weighted by atomic mass is 32.2. The van der Waals surface area contributed by atoms with Gasteiger partial charge < -0.3 is 14.4 Å². The molecule has 160 valence electrons. The lowest BCUT2D eigenvalue weighted by atomic mass is 9.39. The molecule has 0 unspecified atom stereocenters. The molecule has 0 aromatic rings. The summed E-state index contributed by atoms with van der Waals surface area (Å²) in [5.74, 6) is 0. The first kappa shape index (κ1) is 22.9. The summed E-state index contributed by atoms with van der Waals surface area (Å²) in [6.45, 7) is 18.0. The molecular formula is C24H33BN2O2S. The van der Waals surface area contributed by atoms with Crippen molar-refractivity contribution in [2.24, 2.45) is 4.99 Å². The van der Waals surface area contributed by atoms with E-state index < -0.39 is 0 Å². The van der Waals surface area contributed by atoms with Crippen LogP contribution in [0.5, 0.6) is 0 Å². The van der Waals surface area contributed by atoms with Crippen molar-refractivity contribution in [2.75, 3.05) is 13.2 Å². The minimum atomic E-state index is -0.261. The lowest BCUT2D eigenvalue weighted by Crippen LogP contribution is -2.42. The molecule has 30 heavy (non-hydrogen) atoms. The maximum atomic E-state index is 13.1. The number of thioether (sulfide) groups is 1. The van der Waals surface area contributed by atoms with Crippen LogP contribution in [0.4, 0.5) is 0 Å². The fourth-order valence-electron chi connectivity index (χ4n) is 4.35. The third-order valence-corrected chi connectivity index (χ3v) is 7.06. The molecule has 2 fully saturated rings. The Morgan fingerprint density at radius 3 is 2.77 bits per heavy atom. The summed E-state index contributed by atoms with van der Waals surface area (Å²) in [6, 6.07) is 0. The van der Waals surface area contributed by atoms with E-state index in [-0.39, 0.29) is 18.0 Å². The molecule has 0 aromatic heterocycles. The van der Waals surface area contributed by atoms with Gasteiger partial charge in [-0.2, -0.15) is 0 Å². The zero-order valence-electron chi connectivity index (χ0n) is 18.8. The van der Waals surface area contributed by atoms with E-state index >= 15 is 0 Å². The van der Waals surface area contributed by atoms with Crippen LogP contribution in [-0.4, -0.2) is 42.3 Å². The lowest BCUT2D eigenvalue weighted by Gasteiger charge is -2.33. The Balaban J connectivity index is 1.75. The van der Waals surface area contributed by atoms with Crippen LogP contribution in [0.1, 0.15) is 47.0 Å². The minimum Gasteiger partial charge on any atom is -0.377 e. The Bertz CT molecular complexity index is 866. The largest absolute Gasteiger partial charge is 0.377 e. The van der Waals surface area contributed by atoms with E-state index in [2.05, 4.69) is 35.2 Å². The van der Waals surface area contributed by atoms with Gasteiger partial charge in [-0.15, -0.1) is 0 Å². The second-order valence-electron chi connectivity index (χ2n) is 8.75. The quantitative estimate of drug-likeness (QED) is 0.225. The standard InChI is InChI=1S/C24H33BN2O2S/c1-7-26-23(30-19(4)22(28)25-13-15-29-24(5,6)16-25)17(2)18(3)27-14-12-20-10-8-9-11-21(20)27/h7,10-11H,3-4,8-9,12-16H2,1-2,5-6H3/b23-17+,26-7-. The van der Waals surface area contributed by atoms with Gasteiger partial charge in [-0.25, -0.2) is 0 Å². The van der Waals surface area contributed by atoms with Gasteiger partial charge in [0.15, 0.2) is 0 Å². The summed E-state index contributed by atoms with van der Waals surface area (Å²) in [5.41, 5.74) is 4.50. The van der Waals surface area contributed by atoms with Crippen molar-refractivity contribution in [3.63, 3.8) is 0 Å². The van der Waals surface area contributed by atoms with E-state index in [9.17, 15) is 4.79 Å². The zero-order chi connectivity index (χ0) is 21.9. The van der Waals surface area contributed by atoms with Gasteiger partial charge in [0, 0.05) is 41.2 Å². The third-order valence-electron chi connectivity index (χ3n) is 6.01. The molecule has 6 heteroatoms. The van der Waals surface area contributed by atoms with Crippen LogP contribution in [0.2, 0.25) is 12.6 Å². The molecule has 0 radical (unpaired) electrons. The topological polar surface area (TPSA) is 41.9 Å². The Labute approximate surface area is 186 Å². The van der Waals surface area contributed by atoms with Crippen molar-refractivity contribution < 1.29 is 9.53 Å². The summed E-state index contributed by atoms with van der Waals surface area (Å²) in [7, 11) is 0. The Hall–Kier alpha value is -1.79. The molecule has 3 rings (SSSR count).